The molecule has 0 aliphatic heterocycles. The lowest BCUT2D eigenvalue weighted by Crippen LogP contribution is -2.42. The van der Waals surface area contributed by atoms with E-state index in [4.69, 9.17) is 9.63 Å². The summed E-state index contributed by atoms with van der Waals surface area (Å²) in [5.74, 6) is -0.345. The number of amides is 1. The second kappa shape index (κ2) is 6.13. The maximum atomic E-state index is 11.8. The van der Waals surface area contributed by atoms with E-state index in [-0.39, 0.29) is 12.3 Å². The number of carboxylic acid groups (broad SMARTS) is 1. The van der Waals surface area contributed by atoms with Gasteiger partial charge in [-0.15, -0.1) is 0 Å². The van der Waals surface area contributed by atoms with E-state index in [0.29, 0.717) is 24.6 Å². The monoisotopic (exact) mass is 255 g/mol. The molecule has 0 radical (unpaired) electrons. The minimum atomic E-state index is -0.998. The van der Waals surface area contributed by atoms with Gasteiger partial charge in [-0.1, -0.05) is 12.1 Å². The molecule has 0 aromatic carbocycles. The van der Waals surface area contributed by atoms with Gasteiger partial charge < -0.3 is 14.5 Å². The molecule has 1 rings (SSSR count). The molecule has 7 nitrogen and oxygen atoms in total. The highest BCUT2D eigenvalue weighted by atomic mass is 16.5. The molecule has 1 unspecified atom stereocenters. The molecular weight excluding hydrogens is 238 g/mol. The summed E-state index contributed by atoms with van der Waals surface area (Å²) in [6.07, 6.45) is 0.846. The Hall–Kier alpha value is -1.92. The van der Waals surface area contributed by atoms with Gasteiger partial charge in [0.15, 0.2) is 5.82 Å². The number of hydrogen-bond donors (Lipinski definition) is 1. The SMILES string of the molecule is CCC(C(=O)O)N(C)C(=O)CCc1nc(C)no1. The van der Waals surface area contributed by atoms with E-state index in [1.165, 1.54) is 11.9 Å². The van der Waals surface area contributed by atoms with E-state index in [1.54, 1.807) is 13.8 Å². The summed E-state index contributed by atoms with van der Waals surface area (Å²) in [5, 5.41) is 12.6. The summed E-state index contributed by atoms with van der Waals surface area (Å²) in [5.41, 5.74) is 0. The number of hydrogen-bond acceptors (Lipinski definition) is 5. The molecule has 100 valence electrons. The van der Waals surface area contributed by atoms with Gasteiger partial charge in [0.1, 0.15) is 6.04 Å². The topological polar surface area (TPSA) is 96.5 Å². The second-order valence-electron chi connectivity index (χ2n) is 4.00. The van der Waals surface area contributed by atoms with Crippen LogP contribution in [0.25, 0.3) is 0 Å². The highest BCUT2D eigenvalue weighted by molar-refractivity contribution is 5.83. The van der Waals surface area contributed by atoms with Crippen molar-refractivity contribution in [3.05, 3.63) is 11.7 Å². The lowest BCUT2D eigenvalue weighted by Gasteiger charge is -2.23. The van der Waals surface area contributed by atoms with Crippen molar-refractivity contribution in [2.45, 2.75) is 39.2 Å². The van der Waals surface area contributed by atoms with Crippen molar-refractivity contribution in [1.82, 2.24) is 15.0 Å². The molecule has 0 saturated heterocycles. The Morgan fingerprint density at radius 2 is 2.17 bits per heavy atom. The smallest absolute Gasteiger partial charge is 0.326 e. The molecule has 1 aromatic heterocycles. The summed E-state index contributed by atoms with van der Waals surface area (Å²) < 4.78 is 4.88. The number of aryl methyl sites for hydroxylation is 2. The van der Waals surface area contributed by atoms with Crippen LogP contribution in [0.3, 0.4) is 0 Å². The van der Waals surface area contributed by atoms with Gasteiger partial charge in [-0.05, 0) is 13.3 Å². The van der Waals surface area contributed by atoms with E-state index in [2.05, 4.69) is 10.1 Å². The Labute approximate surface area is 105 Å². The van der Waals surface area contributed by atoms with Gasteiger partial charge in [0.05, 0.1) is 0 Å². The van der Waals surface area contributed by atoms with Crippen molar-refractivity contribution < 1.29 is 19.2 Å². The normalized spacial score (nSPS) is 12.2. The quantitative estimate of drug-likeness (QED) is 0.800. The average molecular weight is 255 g/mol. The standard InChI is InChI=1S/C11H17N3O4/c1-4-8(11(16)17)14(3)10(15)6-5-9-12-7(2)13-18-9/h8H,4-6H2,1-3H3,(H,16,17). The van der Waals surface area contributed by atoms with Crippen LogP contribution >= 0.6 is 0 Å². The third-order valence-corrected chi connectivity index (χ3v) is 2.66. The summed E-state index contributed by atoms with van der Waals surface area (Å²) in [6.45, 7) is 3.42. The minimum Gasteiger partial charge on any atom is -0.480 e. The van der Waals surface area contributed by atoms with E-state index >= 15 is 0 Å². The number of rotatable bonds is 6. The van der Waals surface area contributed by atoms with Gasteiger partial charge in [0.25, 0.3) is 0 Å². The number of carbonyl (C=O) groups excluding carboxylic acids is 1. The number of carbonyl (C=O) groups is 2. The predicted molar refractivity (Wildman–Crippen MR) is 61.8 cm³/mol. The Morgan fingerprint density at radius 3 is 2.61 bits per heavy atom. The van der Waals surface area contributed by atoms with Crippen molar-refractivity contribution in [2.75, 3.05) is 7.05 Å². The zero-order valence-electron chi connectivity index (χ0n) is 10.7. The van der Waals surface area contributed by atoms with E-state index in [1.807, 2.05) is 0 Å². The van der Waals surface area contributed by atoms with E-state index in [0.717, 1.165) is 0 Å². The molecular formula is C11H17N3O4. The van der Waals surface area contributed by atoms with E-state index < -0.39 is 12.0 Å². The Morgan fingerprint density at radius 1 is 1.50 bits per heavy atom. The van der Waals surface area contributed by atoms with Gasteiger partial charge in [0.2, 0.25) is 11.8 Å². The molecule has 0 bridgehead atoms. The Bertz CT molecular complexity index is 430. The number of aromatic nitrogens is 2. The van der Waals surface area contributed by atoms with Crippen molar-refractivity contribution in [3.8, 4) is 0 Å². The first-order valence-corrected chi connectivity index (χ1v) is 5.73. The van der Waals surface area contributed by atoms with Crippen LogP contribution < -0.4 is 0 Å². The van der Waals surface area contributed by atoms with Crippen LogP contribution in [0.4, 0.5) is 0 Å². The molecule has 1 aromatic rings. The zero-order valence-corrected chi connectivity index (χ0v) is 10.7. The Kier molecular flexibility index (Phi) is 4.82. The fourth-order valence-electron chi connectivity index (χ4n) is 1.62. The van der Waals surface area contributed by atoms with Crippen LogP contribution in [0, 0.1) is 6.92 Å². The van der Waals surface area contributed by atoms with Gasteiger partial charge in [0, 0.05) is 19.9 Å². The molecule has 1 N–H and O–H groups in total. The number of likely N-dealkylation sites (N-methyl/N-ethyl adjacent to an activating group) is 1. The van der Waals surface area contributed by atoms with Crippen LogP contribution in [0.5, 0.6) is 0 Å². The van der Waals surface area contributed by atoms with E-state index in [9.17, 15) is 9.59 Å². The molecule has 0 spiro atoms. The lowest BCUT2D eigenvalue weighted by atomic mass is 10.2. The summed E-state index contributed by atoms with van der Waals surface area (Å²) in [6, 6.07) is -0.790. The molecule has 7 heteroatoms. The highest BCUT2D eigenvalue weighted by Gasteiger charge is 2.24. The molecule has 1 atom stereocenters. The van der Waals surface area contributed by atoms with Crippen molar-refractivity contribution in [3.63, 3.8) is 0 Å². The number of carboxylic acids is 1. The lowest BCUT2D eigenvalue weighted by molar-refractivity contribution is -0.149. The summed E-state index contributed by atoms with van der Waals surface area (Å²) >= 11 is 0. The molecule has 0 aliphatic rings. The summed E-state index contributed by atoms with van der Waals surface area (Å²) in [7, 11) is 1.49. The maximum absolute atomic E-state index is 11.8. The molecule has 0 aliphatic carbocycles. The minimum absolute atomic E-state index is 0.155. The molecule has 18 heavy (non-hydrogen) atoms. The average Bonchev–Trinajstić information content (AvgIpc) is 2.72. The second-order valence-corrected chi connectivity index (χ2v) is 4.00. The van der Waals surface area contributed by atoms with Gasteiger partial charge in [-0.2, -0.15) is 4.98 Å². The van der Waals surface area contributed by atoms with Crippen molar-refractivity contribution in [2.24, 2.45) is 0 Å². The third-order valence-electron chi connectivity index (χ3n) is 2.66. The molecule has 1 heterocycles. The van der Waals surface area contributed by atoms with Crippen LogP contribution in [0.1, 0.15) is 31.5 Å². The number of nitrogens with zero attached hydrogens (tertiary/aromatic N) is 3. The summed E-state index contributed by atoms with van der Waals surface area (Å²) in [4.78, 5) is 27.9. The zero-order chi connectivity index (χ0) is 13.7. The van der Waals surface area contributed by atoms with Gasteiger partial charge in [-0.3, -0.25) is 4.79 Å². The van der Waals surface area contributed by atoms with Crippen LogP contribution in [-0.4, -0.2) is 45.1 Å². The largest absolute Gasteiger partial charge is 0.480 e. The molecule has 0 fully saturated rings. The van der Waals surface area contributed by atoms with Crippen LogP contribution in [0.2, 0.25) is 0 Å². The number of aliphatic carboxylic acids is 1. The Balaban J connectivity index is 2.52. The van der Waals surface area contributed by atoms with Crippen LogP contribution in [0.15, 0.2) is 4.52 Å². The fraction of sp³-hybridized carbons (Fsp3) is 0.636. The van der Waals surface area contributed by atoms with Crippen LogP contribution in [-0.2, 0) is 16.0 Å². The fourth-order valence-corrected chi connectivity index (χ4v) is 1.62. The molecule has 0 saturated carbocycles. The first-order chi connectivity index (χ1) is 8.45. The third kappa shape index (κ3) is 3.54. The predicted octanol–water partition coefficient (Wildman–Crippen LogP) is 0.632. The first kappa shape index (κ1) is 14.1. The van der Waals surface area contributed by atoms with Crippen molar-refractivity contribution >= 4 is 11.9 Å². The molecule has 1 amide bonds. The first-order valence-electron chi connectivity index (χ1n) is 5.73. The van der Waals surface area contributed by atoms with Gasteiger partial charge >= 0.3 is 5.97 Å². The highest BCUT2D eigenvalue weighted by Crippen LogP contribution is 2.07. The van der Waals surface area contributed by atoms with Crippen molar-refractivity contribution in [1.29, 1.82) is 0 Å². The van der Waals surface area contributed by atoms with Gasteiger partial charge in [-0.25, -0.2) is 4.79 Å². The maximum Gasteiger partial charge on any atom is 0.326 e.